The first-order chi connectivity index (χ1) is 7.38. The molecule has 1 fully saturated rings. The Kier molecular flexibility index (Phi) is 3.59. The molecule has 0 spiro atoms. The molecule has 1 aliphatic heterocycles. The minimum Gasteiger partial charge on any atom is -0.316 e. The molecule has 2 heterocycles. The molecule has 1 aliphatic rings. The average Bonchev–Trinajstić information content (AvgIpc) is 2.79. The Morgan fingerprint density at radius 3 is 3.33 bits per heavy atom. The molecule has 4 heteroatoms. The lowest BCUT2D eigenvalue weighted by atomic mass is 10.2. The Morgan fingerprint density at radius 2 is 2.60 bits per heavy atom. The molecule has 0 aliphatic carbocycles. The van der Waals surface area contributed by atoms with Crippen molar-refractivity contribution in [2.24, 2.45) is 5.92 Å². The minimum absolute atomic E-state index is 0.692. The maximum atomic E-state index is 8.74. The van der Waals surface area contributed by atoms with Gasteiger partial charge in [-0.15, -0.1) is 11.8 Å². The van der Waals surface area contributed by atoms with E-state index in [1.807, 2.05) is 6.07 Å². The summed E-state index contributed by atoms with van der Waals surface area (Å²) in [4.78, 5) is 4.24. The highest BCUT2D eigenvalue weighted by Gasteiger charge is 2.14. The highest BCUT2D eigenvalue weighted by molar-refractivity contribution is 7.99. The minimum atomic E-state index is 0.692. The number of pyridine rings is 1. The van der Waals surface area contributed by atoms with E-state index in [4.69, 9.17) is 5.26 Å². The first-order valence-electron chi connectivity index (χ1n) is 5.08. The summed E-state index contributed by atoms with van der Waals surface area (Å²) in [7, 11) is 0. The zero-order chi connectivity index (χ0) is 10.5. The Balaban J connectivity index is 1.90. The van der Waals surface area contributed by atoms with Gasteiger partial charge in [-0.1, -0.05) is 0 Å². The van der Waals surface area contributed by atoms with Crippen LogP contribution in [0.3, 0.4) is 0 Å². The molecule has 2 rings (SSSR count). The van der Waals surface area contributed by atoms with E-state index in [1.54, 1.807) is 24.0 Å². The van der Waals surface area contributed by atoms with E-state index in [9.17, 15) is 0 Å². The van der Waals surface area contributed by atoms with Gasteiger partial charge in [0.2, 0.25) is 0 Å². The zero-order valence-electron chi connectivity index (χ0n) is 8.44. The smallest absolute Gasteiger partial charge is 0.0993 e. The van der Waals surface area contributed by atoms with Gasteiger partial charge in [-0.3, -0.25) is 0 Å². The van der Waals surface area contributed by atoms with Gasteiger partial charge in [-0.05, 0) is 37.6 Å². The summed E-state index contributed by atoms with van der Waals surface area (Å²) in [5, 5.41) is 13.0. The van der Waals surface area contributed by atoms with E-state index in [0.717, 1.165) is 29.8 Å². The van der Waals surface area contributed by atoms with Crippen LogP contribution in [0, 0.1) is 17.2 Å². The van der Waals surface area contributed by atoms with Crippen LogP contribution in [0.25, 0.3) is 0 Å². The quantitative estimate of drug-likeness (QED) is 0.785. The van der Waals surface area contributed by atoms with Gasteiger partial charge >= 0.3 is 0 Å². The van der Waals surface area contributed by atoms with Gasteiger partial charge in [0.25, 0.3) is 0 Å². The number of nitrogens with zero attached hydrogens (tertiary/aromatic N) is 2. The second-order valence-electron chi connectivity index (χ2n) is 3.66. The summed E-state index contributed by atoms with van der Waals surface area (Å²) in [5.74, 6) is 1.84. The summed E-state index contributed by atoms with van der Waals surface area (Å²) in [6.07, 6.45) is 2.96. The second-order valence-corrected chi connectivity index (χ2v) is 4.70. The average molecular weight is 219 g/mol. The second kappa shape index (κ2) is 5.15. The van der Waals surface area contributed by atoms with Crippen molar-refractivity contribution in [3.8, 4) is 6.07 Å². The number of nitriles is 1. The molecule has 0 saturated carbocycles. The molecule has 0 radical (unpaired) electrons. The first-order valence-corrected chi connectivity index (χ1v) is 6.07. The Morgan fingerprint density at radius 1 is 1.67 bits per heavy atom. The lowest BCUT2D eigenvalue weighted by molar-refractivity contribution is 0.662. The highest BCUT2D eigenvalue weighted by Crippen LogP contribution is 2.21. The SMILES string of the molecule is N#Cc1ccnc(SC[C@@H]2CCNC2)c1. The summed E-state index contributed by atoms with van der Waals surface area (Å²) < 4.78 is 0. The van der Waals surface area contributed by atoms with E-state index in [2.05, 4.69) is 16.4 Å². The number of aromatic nitrogens is 1. The van der Waals surface area contributed by atoms with Crippen LogP contribution in [0.2, 0.25) is 0 Å². The van der Waals surface area contributed by atoms with Crippen molar-refractivity contribution in [2.45, 2.75) is 11.4 Å². The zero-order valence-corrected chi connectivity index (χ0v) is 9.26. The van der Waals surface area contributed by atoms with Gasteiger partial charge in [-0.2, -0.15) is 5.26 Å². The highest BCUT2D eigenvalue weighted by atomic mass is 32.2. The van der Waals surface area contributed by atoms with Crippen molar-refractivity contribution in [2.75, 3.05) is 18.8 Å². The normalized spacial score (nSPS) is 20.1. The van der Waals surface area contributed by atoms with Crippen LogP contribution in [0.5, 0.6) is 0 Å². The van der Waals surface area contributed by atoms with Crippen molar-refractivity contribution in [3.05, 3.63) is 23.9 Å². The van der Waals surface area contributed by atoms with E-state index >= 15 is 0 Å². The maximum Gasteiger partial charge on any atom is 0.0993 e. The molecule has 0 bridgehead atoms. The third-order valence-corrected chi connectivity index (χ3v) is 3.65. The van der Waals surface area contributed by atoms with Crippen molar-refractivity contribution >= 4 is 11.8 Å². The molecule has 0 aromatic carbocycles. The predicted octanol–water partition coefficient (Wildman–Crippen LogP) is 1.65. The fourth-order valence-electron chi connectivity index (χ4n) is 1.62. The summed E-state index contributed by atoms with van der Waals surface area (Å²) >= 11 is 1.74. The van der Waals surface area contributed by atoms with E-state index in [-0.39, 0.29) is 0 Å². The van der Waals surface area contributed by atoms with Crippen molar-refractivity contribution in [1.82, 2.24) is 10.3 Å². The molecule has 0 unspecified atom stereocenters. The van der Waals surface area contributed by atoms with Crippen molar-refractivity contribution < 1.29 is 0 Å². The van der Waals surface area contributed by atoms with Crippen LogP contribution >= 0.6 is 11.8 Å². The molecular weight excluding hydrogens is 206 g/mol. The van der Waals surface area contributed by atoms with Gasteiger partial charge in [0.1, 0.15) is 0 Å². The molecule has 1 aromatic rings. The number of rotatable bonds is 3. The van der Waals surface area contributed by atoms with Gasteiger partial charge in [0.15, 0.2) is 0 Å². The topological polar surface area (TPSA) is 48.7 Å². The monoisotopic (exact) mass is 219 g/mol. The van der Waals surface area contributed by atoms with Crippen LogP contribution in [-0.2, 0) is 0 Å². The molecular formula is C11H13N3S. The molecule has 78 valence electrons. The molecule has 1 atom stereocenters. The van der Waals surface area contributed by atoms with Gasteiger partial charge in [-0.25, -0.2) is 4.98 Å². The fourth-order valence-corrected chi connectivity index (χ4v) is 2.65. The Labute approximate surface area is 93.9 Å². The largest absolute Gasteiger partial charge is 0.316 e. The van der Waals surface area contributed by atoms with Crippen LogP contribution < -0.4 is 5.32 Å². The van der Waals surface area contributed by atoms with Gasteiger partial charge in [0.05, 0.1) is 16.7 Å². The van der Waals surface area contributed by atoms with Crippen molar-refractivity contribution in [3.63, 3.8) is 0 Å². The number of thioether (sulfide) groups is 1. The third kappa shape index (κ3) is 2.95. The summed E-state index contributed by atoms with van der Waals surface area (Å²) in [5.41, 5.74) is 0.692. The Hall–Kier alpha value is -1.05. The maximum absolute atomic E-state index is 8.74. The first kappa shape index (κ1) is 10.5. The van der Waals surface area contributed by atoms with Crippen LogP contribution in [0.1, 0.15) is 12.0 Å². The van der Waals surface area contributed by atoms with Crippen LogP contribution in [0.15, 0.2) is 23.4 Å². The molecule has 3 nitrogen and oxygen atoms in total. The molecule has 15 heavy (non-hydrogen) atoms. The number of nitrogens with one attached hydrogen (secondary N) is 1. The lowest BCUT2D eigenvalue weighted by Gasteiger charge is -2.06. The standard InChI is InChI=1S/C11H13N3S/c12-6-9-2-4-14-11(5-9)15-8-10-1-3-13-7-10/h2,4-5,10,13H,1,3,7-8H2/t10-/m1/s1. The molecule has 1 N–H and O–H groups in total. The number of hydrogen-bond acceptors (Lipinski definition) is 4. The number of hydrogen-bond donors (Lipinski definition) is 1. The molecule has 1 saturated heterocycles. The van der Waals surface area contributed by atoms with E-state index < -0.39 is 0 Å². The lowest BCUT2D eigenvalue weighted by Crippen LogP contribution is -2.10. The Bertz CT molecular complexity index is 366. The van der Waals surface area contributed by atoms with Crippen molar-refractivity contribution in [1.29, 1.82) is 5.26 Å². The fraction of sp³-hybridized carbons (Fsp3) is 0.455. The van der Waals surface area contributed by atoms with E-state index in [1.165, 1.54) is 6.42 Å². The van der Waals surface area contributed by atoms with Crippen LogP contribution in [-0.4, -0.2) is 23.8 Å². The van der Waals surface area contributed by atoms with Crippen LogP contribution in [0.4, 0.5) is 0 Å². The summed E-state index contributed by atoms with van der Waals surface area (Å²) in [6, 6.07) is 5.72. The van der Waals surface area contributed by atoms with Gasteiger partial charge in [0, 0.05) is 11.9 Å². The third-order valence-electron chi connectivity index (χ3n) is 2.49. The predicted molar refractivity (Wildman–Crippen MR) is 60.7 cm³/mol. The molecule has 1 aromatic heterocycles. The molecule has 0 amide bonds. The van der Waals surface area contributed by atoms with E-state index in [0.29, 0.717) is 5.56 Å². The summed E-state index contributed by atoms with van der Waals surface area (Å²) in [6.45, 7) is 2.25. The van der Waals surface area contributed by atoms with Gasteiger partial charge < -0.3 is 5.32 Å².